The predicted molar refractivity (Wildman–Crippen MR) is 79.0 cm³/mol. The lowest BCUT2D eigenvalue weighted by Gasteiger charge is -2.14. The normalized spacial score (nSPS) is 12.7. The van der Waals surface area contributed by atoms with Crippen LogP contribution in [0.15, 0.2) is 24.3 Å². The van der Waals surface area contributed by atoms with Crippen LogP contribution in [0.25, 0.3) is 0 Å². The maximum absolute atomic E-state index is 14.1. The maximum atomic E-state index is 14.1. The van der Waals surface area contributed by atoms with Gasteiger partial charge in [0, 0.05) is 30.3 Å². The third kappa shape index (κ3) is 2.90. The van der Waals surface area contributed by atoms with Crippen LogP contribution in [-0.2, 0) is 19.4 Å². The van der Waals surface area contributed by atoms with Crippen LogP contribution in [0.3, 0.4) is 0 Å². The highest BCUT2D eigenvalue weighted by atomic mass is 19.1. The largest absolute Gasteiger partial charge is 0.324 e. The van der Waals surface area contributed by atoms with Crippen molar-refractivity contribution in [3.8, 4) is 0 Å². The molecule has 1 unspecified atom stereocenters. The number of halogens is 1. The van der Waals surface area contributed by atoms with E-state index in [1.165, 1.54) is 0 Å². The summed E-state index contributed by atoms with van der Waals surface area (Å²) in [4.78, 5) is 0. The van der Waals surface area contributed by atoms with Gasteiger partial charge < -0.3 is 5.73 Å². The first-order valence-corrected chi connectivity index (χ1v) is 7.13. The third-order valence-electron chi connectivity index (χ3n) is 3.63. The number of nitrogens with zero attached hydrogens (tertiary/aromatic N) is 2. The Bertz CT molecular complexity index is 589. The van der Waals surface area contributed by atoms with Gasteiger partial charge in [-0.2, -0.15) is 5.10 Å². The minimum Gasteiger partial charge on any atom is -0.324 e. The van der Waals surface area contributed by atoms with Crippen LogP contribution >= 0.6 is 0 Å². The molecule has 0 amide bonds. The summed E-state index contributed by atoms with van der Waals surface area (Å²) in [5.74, 6) is -0.196. The zero-order valence-electron chi connectivity index (χ0n) is 12.4. The lowest BCUT2D eigenvalue weighted by atomic mass is 10.00. The van der Waals surface area contributed by atoms with Crippen molar-refractivity contribution in [2.24, 2.45) is 5.73 Å². The number of rotatable bonds is 5. The lowest BCUT2D eigenvalue weighted by molar-refractivity contribution is 0.551. The molecule has 2 rings (SSSR count). The van der Waals surface area contributed by atoms with Gasteiger partial charge in [-0.25, -0.2) is 4.39 Å². The molecule has 1 heterocycles. The van der Waals surface area contributed by atoms with Crippen molar-refractivity contribution >= 4 is 0 Å². The van der Waals surface area contributed by atoms with E-state index in [9.17, 15) is 4.39 Å². The first-order valence-electron chi connectivity index (χ1n) is 7.13. The van der Waals surface area contributed by atoms with Gasteiger partial charge in [-0.1, -0.05) is 25.1 Å². The summed E-state index contributed by atoms with van der Waals surface area (Å²) in [6.45, 7) is 6.69. The second-order valence-corrected chi connectivity index (χ2v) is 5.09. The Balaban J connectivity index is 2.25. The zero-order chi connectivity index (χ0) is 14.7. The molecule has 0 aliphatic heterocycles. The summed E-state index contributed by atoms with van der Waals surface area (Å²) < 4.78 is 16.1. The van der Waals surface area contributed by atoms with E-state index in [-0.39, 0.29) is 11.9 Å². The molecule has 2 N–H and O–H groups in total. The molecule has 0 aliphatic rings. The maximum Gasteiger partial charge on any atom is 0.130 e. The quantitative estimate of drug-likeness (QED) is 0.911. The van der Waals surface area contributed by atoms with Gasteiger partial charge in [0.2, 0.25) is 0 Å². The molecule has 0 fully saturated rings. The van der Waals surface area contributed by atoms with Crippen LogP contribution < -0.4 is 5.73 Å². The molecule has 0 aliphatic carbocycles. The standard InChI is InChI=1S/C16H22FN3/c1-4-12-9-13(20(5-2)19-12)10-15(18)14-8-6-7-11(3)16(14)17/h6-9,15H,4-5,10,18H2,1-3H3. The van der Waals surface area contributed by atoms with Crippen molar-refractivity contribution in [1.29, 1.82) is 0 Å². The Kier molecular flexibility index (Phi) is 4.55. The van der Waals surface area contributed by atoms with Crippen molar-refractivity contribution in [2.75, 3.05) is 0 Å². The molecule has 20 heavy (non-hydrogen) atoms. The monoisotopic (exact) mass is 275 g/mol. The predicted octanol–water partition coefficient (Wildman–Crippen LogP) is 3.16. The highest BCUT2D eigenvalue weighted by Crippen LogP contribution is 2.22. The molecule has 0 spiro atoms. The van der Waals surface area contributed by atoms with E-state index in [4.69, 9.17) is 5.73 Å². The third-order valence-corrected chi connectivity index (χ3v) is 3.63. The van der Waals surface area contributed by atoms with Crippen molar-refractivity contribution in [3.63, 3.8) is 0 Å². The van der Waals surface area contributed by atoms with Gasteiger partial charge in [-0.05, 0) is 31.9 Å². The summed E-state index contributed by atoms with van der Waals surface area (Å²) in [6.07, 6.45) is 1.50. The average molecular weight is 275 g/mol. The molecule has 1 aromatic carbocycles. The lowest BCUT2D eigenvalue weighted by Crippen LogP contribution is -2.17. The van der Waals surface area contributed by atoms with Crippen molar-refractivity contribution < 1.29 is 4.39 Å². The van der Waals surface area contributed by atoms with Gasteiger partial charge in [0.15, 0.2) is 0 Å². The van der Waals surface area contributed by atoms with Crippen molar-refractivity contribution in [2.45, 2.75) is 46.2 Å². The van der Waals surface area contributed by atoms with E-state index < -0.39 is 0 Å². The number of benzene rings is 1. The number of nitrogens with two attached hydrogens (primary N) is 1. The molecular formula is C16H22FN3. The molecule has 0 saturated carbocycles. The zero-order valence-corrected chi connectivity index (χ0v) is 12.4. The van der Waals surface area contributed by atoms with Gasteiger partial charge in [-0.3, -0.25) is 4.68 Å². The minimum absolute atomic E-state index is 0.196. The Labute approximate surface area is 119 Å². The van der Waals surface area contributed by atoms with Crippen LogP contribution in [0.4, 0.5) is 4.39 Å². The number of hydrogen-bond acceptors (Lipinski definition) is 2. The van der Waals surface area contributed by atoms with Crippen molar-refractivity contribution in [1.82, 2.24) is 9.78 Å². The number of aromatic nitrogens is 2. The van der Waals surface area contributed by atoms with Gasteiger partial charge in [0.25, 0.3) is 0 Å². The Hall–Kier alpha value is -1.68. The highest BCUT2D eigenvalue weighted by Gasteiger charge is 2.16. The molecule has 108 valence electrons. The Morgan fingerprint density at radius 3 is 2.75 bits per heavy atom. The highest BCUT2D eigenvalue weighted by molar-refractivity contribution is 5.28. The Morgan fingerprint density at radius 2 is 2.10 bits per heavy atom. The molecule has 0 saturated heterocycles. The first-order chi connectivity index (χ1) is 9.56. The number of hydrogen-bond donors (Lipinski definition) is 1. The molecular weight excluding hydrogens is 253 g/mol. The van der Waals surface area contributed by atoms with Crippen molar-refractivity contribution in [3.05, 3.63) is 52.6 Å². The van der Waals surface area contributed by atoms with E-state index in [2.05, 4.69) is 25.0 Å². The summed E-state index contributed by atoms with van der Waals surface area (Å²) in [5, 5.41) is 4.50. The van der Waals surface area contributed by atoms with Gasteiger partial charge in [-0.15, -0.1) is 0 Å². The molecule has 0 radical (unpaired) electrons. The first kappa shape index (κ1) is 14.7. The fourth-order valence-corrected chi connectivity index (χ4v) is 2.42. The van der Waals surface area contributed by atoms with E-state index in [0.717, 1.165) is 24.4 Å². The summed E-state index contributed by atoms with van der Waals surface area (Å²) in [7, 11) is 0. The molecule has 4 heteroatoms. The fourth-order valence-electron chi connectivity index (χ4n) is 2.42. The fraction of sp³-hybridized carbons (Fsp3) is 0.438. The van der Waals surface area contributed by atoms with E-state index in [1.807, 2.05) is 10.7 Å². The van der Waals surface area contributed by atoms with Crippen LogP contribution in [0.5, 0.6) is 0 Å². The Morgan fingerprint density at radius 1 is 1.35 bits per heavy atom. The second-order valence-electron chi connectivity index (χ2n) is 5.09. The topological polar surface area (TPSA) is 43.8 Å². The van der Waals surface area contributed by atoms with Crippen LogP contribution in [-0.4, -0.2) is 9.78 Å². The second kappa shape index (κ2) is 6.18. The summed E-state index contributed by atoms with van der Waals surface area (Å²) in [5.41, 5.74) is 9.52. The van der Waals surface area contributed by atoms with E-state index in [0.29, 0.717) is 17.5 Å². The molecule has 1 atom stereocenters. The molecule has 1 aromatic heterocycles. The SMILES string of the molecule is CCc1cc(CC(N)c2cccc(C)c2F)n(CC)n1. The van der Waals surface area contributed by atoms with E-state index >= 15 is 0 Å². The molecule has 3 nitrogen and oxygen atoms in total. The van der Waals surface area contributed by atoms with Gasteiger partial charge in [0.1, 0.15) is 5.82 Å². The van der Waals surface area contributed by atoms with Gasteiger partial charge >= 0.3 is 0 Å². The minimum atomic E-state index is -0.346. The average Bonchev–Trinajstić information content (AvgIpc) is 2.84. The smallest absolute Gasteiger partial charge is 0.130 e. The molecule has 0 bridgehead atoms. The number of aryl methyl sites for hydroxylation is 3. The van der Waals surface area contributed by atoms with Crippen LogP contribution in [0.1, 0.15) is 42.4 Å². The summed E-state index contributed by atoms with van der Waals surface area (Å²) >= 11 is 0. The molecule has 2 aromatic rings. The van der Waals surface area contributed by atoms with Crippen LogP contribution in [0, 0.1) is 12.7 Å². The van der Waals surface area contributed by atoms with E-state index in [1.54, 1.807) is 19.1 Å². The summed E-state index contributed by atoms with van der Waals surface area (Å²) in [6, 6.07) is 7.10. The van der Waals surface area contributed by atoms with Crippen LogP contribution in [0.2, 0.25) is 0 Å². The van der Waals surface area contributed by atoms with Gasteiger partial charge in [0.05, 0.1) is 5.69 Å².